The first kappa shape index (κ1) is 13.1. The van der Waals surface area contributed by atoms with Gasteiger partial charge in [-0.15, -0.1) is 0 Å². The van der Waals surface area contributed by atoms with Gasteiger partial charge in [0.1, 0.15) is 5.78 Å². The first-order chi connectivity index (χ1) is 8.32. The van der Waals surface area contributed by atoms with E-state index < -0.39 is 36.3 Å². The van der Waals surface area contributed by atoms with Crippen LogP contribution in [0.25, 0.3) is 0 Å². The molecule has 2 atom stereocenters. The second-order valence-electron chi connectivity index (χ2n) is 4.76. The van der Waals surface area contributed by atoms with E-state index in [0.717, 1.165) is 0 Å². The molecule has 0 heterocycles. The second kappa shape index (κ2) is 4.39. The van der Waals surface area contributed by atoms with Gasteiger partial charge < -0.3 is 5.11 Å². The van der Waals surface area contributed by atoms with Crippen molar-refractivity contribution in [1.82, 2.24) is 0 Å². The Kier molecular flexibility index (Phi) is 3.19. The van der Waals surface area contributed by atoms with Crippen LogP contribution < -0.4 is 0 Å². The van der Waals surface area contributed by atoms with Gasteiger partial charge in [-0.2, -0.15) is 13.2 Å². The molecule has 1 saturated carbocycles. The minimum absolute atomic E-state index is 0.0579. The number of hydrogen-bond acceptors (Lipinski definition) is 2. The molecule has 0 aromatic heterocycles. The van der Waals surface area contributed by atoms with E-state index in [1.165, 1.54) is 0 Å². The number of alkyl halides is 3. The van der Waals surface area contributed by atoms with Crippen molar-refractivity contribution in [3.63, 3.8) is 0 Å². The number of aliphatic hydroxyl groups is 1. The summed E-state index contributed by atoms with van der Waals surface area (Å²) >= 11 is 0. The largest absolute Gasteiger partial charge is 0.417 e. The fourth-order valence-electron chi connectivity index (χ4n) is 2.40. The van der Waals surface area contributed by atoms with Crippen LogP contribution in [0.3, 0.4) is 0 Å². The van der Waals surface area contributed by atoms with E-state index in [9.17, 15) is 23.1 Å². The predicted molar refractivity (Wildman–Crippen MR) is 59.0 cm³/mol. The number of hydrogen-bond donors (Lipinski definition) is 1. The van der Waals surface area contributed by atoms with Gasteiger partial charge in [0.05, 0.1) is 0 Å². The summed E-state index contributed by atoms with van der Waals surface area (Å²) in [5.41, 5.74) is -2.23. The lowest BCUT2D eigenvalue weighted by Crippen LogP contribution is -2.50. The van der Waals surface area contributed by atoms with Gasteiger partial charge in [-0.05, 0) is 17.9 Å². The van der Waals surface area contributed by atoms with Crippen LogP contribution in [0.15, 0.2) is 30.3 Å². The van der Waals surface area contributed by atoms with Gasteiger partial charge in [0.15, 0.2) is 5.60 Å². The number of benzene rings is 1. The number of Topliss-reactive ketones (excluding diaryl/α,β-unsaturated/α-hetero) is 1. The first-order valence-corrected chi connectivity index (χ1v) is 5.67. The fourth-order valence-corrected chi connectivity index (χ4v) is 2.40. The third kappa shape index (κ3) is 2.41. The summed E-state index contributed by atoms with van der Waals surface area (Å²) in [7, 11) is 0. The molecular formula is C13H13F3O2. The summed E-state index contributed by atoms with van der Waals surface area (Å²) in [5.74, 6) is -1.12. The first-order valence-electron chi connectivity index (χ1n) is 5.67. The summed E-state index contributed by atoms with van der Waals surface area (Å²) in [6, 6.07) is 8.53. The molecule has 1 aromatic carbocycles. The molecular weight excluding hydrogens is 245 g/mol. The SMILES string of the molecule is O=C1C[C@@H](c2ccccc2)C[C@](O)(C(F)(F)F)C1. The molecule has 1 fully saturated rings. The highest BCUT2D eigenvalue weighted by atomic mass is 19.4. The van der Waals surface area contributed by atoms with E-state index in [-0.39, 0.29) is 6.42 Å². The summed E-state index contributed by atoms with van der Waals surface area (Å²) < 4.78 is 38.4. The van der Waals surface area contributed by atoms with Crippen molar-refractivity contribution < 1.29 is 23.1 Å². The molecule has 0 radical (unpaired) electrons. The average Bonchev–Trinajstić information content (AvgIpc) is 2.27. The molecule has 0 saturated heterocycles. The van der Waals surface area contributed by atoms with Crippen LogP contribution in [0.4, 0.5) is 13.2 Å². The molecule has 2 rings (SSSR count). The molecule has 0 bridgehead atoms. The van der Waals surface area contributed by atoms with Crippen molar-refractivity contribution in [2.75, 3.05) is 0 Å². The number of rotatable bonds is 1. The Morgan fingerprint density at radius 3 is 2.39 bits per heavy atom. The van der Waals surface area contributed by atoms with E-state index >= 15 is 0 Å². The van der Waals surface area contributed by atoms with Crippen molar-refractivity contribution in [3.05, 3.63) is 35.9 Å². The van der Waals surface area contributed by atoms with Crippen molar-refractivity contribution in [1.29, 1.82) is 0 Å². The zero-order valence-electron chi connectivity index (χ0n) is 9.57. The molecule has 1 aliphatic rings. The predicted octanol–water partition coefficient (Wildman–Crippen LogP) is 2.82. The Labute approximate surface area is 102 Å². The van der Waals surface area contributed by atoms with Gasteiger partial charge in [0.25, 0.3) is 0 Å². The highest BCUT2D eigenvalue weighted by Gasteiger charge is 2.57. The van der Waals surface area contributed by atoms with Gasteiger partial charge in [-0.3, -0.25) is 4.79 Å². The van der Waals surface area contributed by atoms with E-state index in [1.54, 1.807) is 30.3 Å². The number of ketones is 1. The standard InChI is InChI=1S/C13H13F3O2/c14-13(15,16)12(18)7-10(6-11(17)8-12)9-4-2-1-3-5-9/h1-5,10,18H,6-8H2/t10-,12-/m1/s1. The smallest absolute Gasteiger partial charge is 0.380 e. The Hall–Kier alpha value is -1.36. The molecule has 1 aliphatic carbocycles. The van der Waals surface area contributed by atoms with Crippen LogP contribution in [0.5, 0.6) is 0 Å². The third-order valence-electron chi connectivity index (χ3n) is 3.35. The van der Waals surface area contributed by atoms with E-state index in [0.29, 0.717) is 5.56 Å². The maximum Gasteiger partial charge on any atom is 0.417 e. The molecule has 0 aliphatic heterocycles. The maximum atomic E-state index is 12.8. The molecule has 0 amide bonds. The summed E-state index contributed by atoms with van der Waals surface area (Å²) in [5, 5.41) is 9.66. The monoisotopic (exact) mass is 258 g/mol. The minimum atomic E-state index is -4.77. The summed E-state index contributed by atoms with van der Waals surface area (Å²) in [6.45, 7) is 0. The van der Waals surface area contributed by atoms with Crippen LogP contribution in [-0.2, 0) is 4.79 Å². The Morgan fingerprint density at radius 2 is 1.83 bits per heavy atom. The Balaban J connectivity index is 2.28. The van der Waals surface area contributed by atoms with Crippen molar-refractivity contribution in [2.24, 2.45) is 0 Å². The van der Waals surface area contributed by atoms with E-state index in [1.807, 2.05) is 0 Å². The number of carbonyl (C=O) groups is 1. The van der Waals surface area contributed by atoms with Crippen LogP contribution >= 0.6 is 0 Å². The molecule has 98 valence electrons. The molecule has 18 heavy (non-hydrogen) atoms. The molecule has 1 N–H and O–H groups in total. The zero-order chi connectivity index (χ0) is 13.4. The normalized spacial score (nSPS) is 29.3. The van der Waals surface area contributed by atoms with Gasteiger partial charge >= 0.3 is 6.18 Å². The highest BCUT2D eigenvalue weighted by Crippen LogP contribution is 2.45. The maximum absolute atomic E-state index is 12.8. The second-order valence-corrected chi connectivity index (χ2v) is 4.76. The van der Waals surface area contributed by atoms with E-state index in [4.69, 9.17) is 0 Å². The van der Waals surface area contributed by atoms with Gasteiger partial charge in [0, 0.05) is 12.8 Å². The van der Waals surface area contributed by atoms with Crippen molar-refractivity contribution >= 4 is 5.78 Å². The number of carbonyl (C=O) groups excluding carboxylic acids is 1. The van der Waals surface area contributed by atoms with Crippen molar-refractivity contribution in [3.8, 4) is 0 Å². The fraction of sp³-hybridized carbons (Fsp3) is 0.462. The Bertz CT molecular complexity index is 441. The third-order valence-corrected chi connectivity index (χ3v) is 3.35. The van der Waals surface area contributed by atoms with Gasteiger partial charge in [-0.1, -0.05) is 30.3 Å². The van der Waals surface area contributed by atoms with Crippen LogP contribution in [0, 0.1) is 0 Å². The Morgan fingerprint density at radius 1 is 1.22 bits per heavy atom. The lowest BCUT2D eigenvalue weighted by atomic mass is 9.74. The molecule has 0 unspecified atom stereocenters. The summed E-state index contributed by atoms with van der Waals surface area (Å²) in [4.78, 5) is 11.4. The van der Waals surface area contributed by atoms with Gasteiger partial charge in [-0.25, -0.2) is 0 Å². The molecule has 2 nitrogen and oxygen atoms in total. The molecule has 5 heteroatoms. The lowest BCUT2D eigenvalue weighted by molar-refractivity contribution is -0.267. The lowest BCUT2D eigenvalue weighted by Gasteiger charge is -2.37. The zero-order valence-corrected chi connectivity index (χ0v) is 9.57. The summed E-state index contributed by atoms with van der Waals surface area (Å²) in [6.07, 6.45) is -6.00. The van der Waals surface area contributed by atoms with Gasteiger partial charge in [0.2, 0.25) is 0 Å². The minimum Gasteiger partial charge on any atom is -0.380 e. The average molecular weight is 258 g/mol. The number of halogens is 3. The molecule has 0 spiro atoms. The van der Waals surface area contributed by atoms with Crippen LogP contribution in [-0.4, -0.2) is 22.7 Å². The molecule has 1 aromatic rings. The van der Waals surface area contributed by atoms with E-state index in [2.05, 4.69) is 0 Å². The van der Waals surface area contributed by atoms with Crippen molar-refractivity contribution in [2.45, 2.75) is 37.0 Å². The van der Waals surface area contributed by atoms with Crippen LogP contribution in [0.1, 0.15) is 30.7 Å². The quantitative estimate of drug-likeness (QED) is 0.841. The van der Waals surface area contributed by atoms with Crippen LogP contribution in [0.2, 0.25) is 0 Å². The highest BCUT2D eigenvalue weighted by molar-refractivity contribution is 5.81. The topological polar surface area (TPSA) is 37.3 Å².